The lowest BCUT2D eigenvalue weighted by atomic mass is 10.1. The number of likely N-dealkylation sites (tertiary alicyclic amines) is 1. The first-order valence-electron chi connectivity index (χ1n) is 7.14. The van der Waals surface area contributed by atoms with Crippen molar-refractivity contribution in [1.82, 2.24) is 4.90 Å². The summed E-state index contributed by atoms with van der Waals surface area (Å²) in [5.41, 5.74) is 1.24. The summed E-state index contributed by atoms with van der Waals surface area (Å²) in [6.45, 7) is 3.94. The summed E-state index contributed by atoms with van der Waals surface area (Å²) >= 11 is 0. The summed E-state index contributed by atoms with van der Waals surface area (Å²) in [7, 11) is 1.69. The van der Waals surface area contributed by atoms with Crippen LogP contribution in [0.3, 0.4) is 0 Å². The minimum absolute atomic E-state index is 0.119. The van der Waals surface area contributed by atoms with Crippen LogP contribution in [0.15, 0.2) is 18.2 Å². The highest BCUT2D eigenvalue weighted by Crippen LogP contribution is 2.32. The van der Waals surface area contributed by atoms with Crippen molar-refractivity contribution in [3.05, 3.63) is 28.3 Å². The SMILES string of the molecule is CNc1cccc(NCCN2CCCCC2)c1[N+](=O)[O-]. The van der Waals surface area contributed by atoms with Crippen molar-refractivity contribution in [1.29, 1.82) is 0 Å². The number of hydrogen-bond donors (Lipinski definition) is 2. The standard InChI is InChI=1S/C14H22N4O2/c1-15-12-6-5-7-13(14(12)18(19)20)16-8-11-17-9-3-2-4-10-17/h5-7,15-16H,2-4,8-11H2,1H3. The van der Waals surface area contributed by atoms with E-state index in [2.05, 4.69) is 15.5 Å². The Bertz CT molecular complexity index is 458. The summed E-state index contributed by atoms with van der Waals surface area (Å²) in [4.78, 5) is 13.3. The zero-order valence-electron chi connectivity index (χ0n) is 11.9. The van der Waals surface area contributed by atoms with Gasteiger partial charge in [0.05, 0.1) is 4.92 Å². The molecular formula is C14H22N4O2. The molecule has 0 aromatic heterocycles. The number of para-hydroxylation sites is 1. The average Bonchev–Trinajstić information content (AvgIpc) is 2.47. The third kappa shape index (κ3) is 3.60. The molecule has 0 atom stereocenters. The van der Waals surface area contributed by atoms with E-state index in [-0.39, 0.29) is 10.6 Å². The fraction of sp³-hybridized carbons (Fsp3) is 0.571. The monoisotopic (exact) mass is 278 g/mol. The summed E-state index contributed by atoms with van der Waals surface area (Å²) in [5, 5.41) is 17.2. The van der Waals surface area contributed by atoms with Crippen molar-refractivity contribution >= 4 is 17.1 Å². The Kier molecular flexibility index (Phi) is 5.17. The molecule has 6 heteroatoms. The summed E-state index contributed by atoms with van der Waals surface area (Å²) in [6, 6.07) is 5.30. The van der Waals surface area contributed by atoms with Gasteiger partial charge in [-0.05, 0) is 38.1 Å². The van der Waals surface area contributed by atoms with Gasteiger partial charge in [-0.3, -0.25) is 10.1 Å². The van der Waals surface area contributed by atoms with E-state index in [9.17, 15) is 10.1 Å². The van der Waals surface area contributed by atoms with Crippen LogP contribution in [-0.2, 0) is 0 Å². The number of nitro groups is 1. The van der Waals surface area contributed by atoms with E-state index in [1.54, 1.807) is 19.2 Å². The van der Waals surface area contributed by atoms with Gasteiger partial charge in [-0.1, -0.05) is 12.5 Å². The molecule has 2 N–H and O–H groups in total. The molecule has 0 radical (unpaired) electrons. The smallest absolute Gasteiger partial charge is 0.315 e. The minimum atomic E-state index is -0.338. The topological polar surface area (TPSA) is 70.4 Å². The minimum Gasteiger partial charge on any atom is -0.382 e. The quantitative estimate of drug-likeness (QED) is 0.618. The largest absolute Gasteiger partial charge is 0.382 e. The molecule has 1 fully saturated rings. The molecule has 0 aliphatic carbocycles. The predicted molar refractivity (Wildman–Crippen MR) is 81.4 cm³/mol. The van der Waals surface area contributed by atoms with Crippen molar-refractivity contribution in [3.8, 4) is 0 Å². The molecular weight excluding hydrogens is 256 g/mol. The number of nitrogens with one attached hydrogen (secondary N) is 2. The van der Waals surface area contributed by atoms with Gasteiger partial charge in [0.25, 0.3) is 0 Å². The van der Waals surface area contributed by atoms with Crippen LogP contribution in [0.25, 0.3) is 0 Å². The van der Waals surface area contributed by atoms with Gasteiger partial charge in [0.2, 0.25) is 0 Å². The maximum Gasteiger partial charge on any atom is 0.315 e. The maximum atomic E-state index is 11.2. The van der Waals surface area contributed by atoms with E-state index in [4.69, 9.17) is 0 Å². The zero-order valence-corrected chi connectivity index (χ0v) is 11.9. The molecule has 6 nitrogen and oxygen atoms in total. The molecule has 0 spiro atoms. The number of benzene rings is 1. The van der Waals surface area contributed by atoms with Gasteiger partial charge < -0.3 is 15.5 Å². The molecule has 0 unspecified atom stereocenters. The number of hydrogen-bond acceptors (Lipinski definition) is 5. The van der Waals surface area contributed by atoms with Crippen LogP contribution in [0, 0.1) is 10.1 Å². The first kappa shape index (κ1) is 14.6. The van der Waals surface area contributed by atoms with E-state index >= 15 is 0 Å². The van der Waals surface area contributed by atoms with Crippen LogP contribution >= 0.6 is 0 Å². The Labute approximate surface area is 119 Å². The van der Waals surface area contributed by atoms with Gasteiger partial charge in [-0.2, -0.15) is 0 Å². The lowest BCUT2D eigenvalue weighted by Gasteiger charge is -2.26. The summed E-state index contributed by atoms with van der Waals surface area (Å²) in [6.07, 6.45) is 3.84. The second kappa shape index (κ2) is 7.09. The molecule has 1 aliphatic rings. The molecule has 110 valence electrons. The highest BCUT2D eigenvalue weighted by atomic mass is 16.6. The molecule has 0 saturated carbocycles. The number of nitrogens with zero attached hydrogens (tertiary/aromatic N) is 2. The normalized spacial score (nSPS) is 15.8. The zero-order chi connectivity index (χ0) is 14.4. The van der Waals surface area contributed by atoms with Crippen LogP contribution in [-0.4, -0.2) is 43.0 Å². The van der Waals surface area contributed by atoms with Gasteiger partial charge in [-0.25, -0.2) is 0 Å². The van der Waals surface area contributed by atoms with Crippen LogP contribution in [0.5, 0.6) is 0 Å². The molecule has 0 amide bonds. The first-order chi connectivity index (χ1) is 9.72. The van der Waals surface area contributed by atoms with E-state index in [0.717, 1.165) is 26.2 Å². The highest BCUT2D eigenvalue weighted by molar-refractivity contribution is 5.75. The van der Waals surface area contributed by atoms with E-state index in [1.165, 1.54) is 19.3 Å². The second-order valence-corrected chi connectivity index (χ2v) is 5.04. The third-order valence-corrected chi connectivity index (χ3v) is 3.68. The van der Waals surface area contributed by atoms with Crippen molar-refractivity contribution in [2.45, 2.75) is 19.3 Å². The number of nitro benzene ring substituents is 1. The van der Waals surface area contributed by atoms with Crippen molar-refractivity contribution < 1.29 is 4.92 Å². The summed E-state index contributed by atoms with van der Waals surface area (Å²) in [5.74, 6) is 0. The first-order valence-corrected chi connectivity index (χ1v) is 7.14. The van der Waals surface area contributed by atoms with Crippen molar-refractivity contribution in [2.75, 3.05) is 43.9 Å². The lowest BCUT2D eigenvalue weighted by molar-refractivity contribution is -0.383. The predicted octanol–water partition coefficient (Wildman–Crippen LogP) is 2.53. The lowest BCUT2D eigenvalue weighted by Crippen LogP contribution is -2.33. The van der Waals surface area contributed by atoms with Gasteiger partial charge >= 0.3 is 5.69 Å². The van der Waals surface area contributed by atoms with Crippen LogP contribution in [0.1, 0.15) is 19.3 Å². The maximum absolute atomic E-state index is 11.2. The Hall–Kier alpha value is -1.82. The van der Waals surface area contributed by atoms with Crippen LogP contribution < -0.4 is 10.6 Å². The molecule has 0 bridgehead atoms. The van der Waals surface area contributed by atoms with E-state index < -0.39 is 0 Å². The molecule has 1 aromatic rings. The van der Waals surface area contributed by atoms with Gasteiger partial charge in [0.1, 0.15) is 11.4 Å². The Morgan fingerprint density at radius 2 is 1.95 bits per heavy atom. The van der Waals surface area contributed by atoms with Crippen LogP contribution in [0.2, 0.25) is 0 Å². The van der Waals surface area contributed by atoms with Crippen molar-refractivity contribution in [3.63, 3.8) is 0 Å². The van der Waals surface area contributed by atoms with Gasteiger partial charge in [-0.15, -0.1) is 0 Å². The molecule has 1 aliphatic heterocycles. The molecule has 2 rings (SSSR count). The summed E-state index contributed by atoms with van der Waals surface area (Å²) < 4.78 is 0. The Balaban J connectivity index is 1.96. The van der Waals surface area contributed by atoms with E-state index in [1.807, 2.05) is 6.07 Å². The highest BCUT2D eigenvalue weighted by Gasteiger charge is 2.18. The Morgan fingerprint density at radius 1 is 1.25 bits per heavy atom. The third-order valence-electron chi connectivity index (χ3n) is 3.68. The fourth-order valence-electron chi connectivity index (χ4n) is 2.62. The molecule has 1 saturated heterocycles. The van der Waals surface area contributed by atoms with Gasteiger partial charge in [0, 0.05) is 20.1 Å². The Morgan fingerprint density at radius 3 is 2.60 bits per heavy atom. The molecule has 1 heterocycles. The fourth-order valence-corrected chi connectivity index (χ4v) is 2.62. The number of rotatable bonds is 6. The van der Waals surface area contributed by atoms with Gasteiger partial charge in [0.15, 0.2) is 0 Å². The molecule has 1 aromatic carbocycles. The number of piperidine rings is 1. The van der Waals surface area contributed by atoms with Crippen molar-refractivity contribution in [2.24, 2.45) is 0 Å². The van der Waals surface area contributed by atoms with E-state index in [0.29, 0.717) is 11.4 Å². The molecule has 20 heavy (non-hydrogen) atoms. The second-order valence-electron chi connectivity index (χ2n) is 5.04. The average molecular weight is 278 g/mol. The number of anilines is 2. The van der Waals surface area contributed by atoms with Crippen LogP contribution in [0.4, 0.5) is 17.1 Å².